The van der Waals surface area contributed by atoms with Crippen molar-refractivity contribution in [2.45, 2.75) is 146 Å². The van der Waals surface area contributed by atoms with Crippen LogP contribution in [0, 0.1) is 5.92 Å². The number of hydrogen-bond acceptors (Lipinski definition) is 16. The molecule has 20 N–H and O–H groups in total. The number of likely N-dealkylation sites (tertiary alicyclic amines) is 1. The molecule has 0 spiro atoms. The molecule has 31 nitrogen and oxygen atoms in total. The van der Waals surface area contributed by atoms with Crippen molar-refractivity contribution in [2.24, 2.45) is 44.6 Å². The van der Waals surface area contributed by atoms with Gasteiger partial charge < -0.3 is 86.5 Å². The number of carbonyl (C=O) groups is 11. The van der Waals surface area contributed by atoms with Gasteiger partial charge in [-0.2, -0.15) is 0 Å². The second kappa shape index (κ2) is 38.2. The fourth-order valence-corrected chi connectivity index (χ4v) is 11.1. The highest BCUT2D eigenvalue weighted by molar-refractivity contribution is 6.30. The second-order valence-corrected chi connectivity index (χ2v) is 24.7. The maximum atomic E-state index is 14.8. The Labute approximate surface area is 577 Å². The van der Waals surface area contributed by atoms with Gasteiger partial charge in [0.25, 0.3) is 0 Å². The number of nitrogens with one attached hydrogen (secondary N) is 9. The zero-order valence-electron chi connectivity index (χ0n) is 55.5. The Hall–Kier alpha value is -10.8. The van der Waals surface area contributed by atoms with Crippen LogP contribution in [0.2, 0.25) is 5.02 Å². The van der Waals surface area contributed by atoms with E-state index in [1.807, 2.05) is 42.5 Å². The van der Waals surface area contributed by atoms with Crippen molar-refractivity contribution in [3.05, 3.63) is 143 Å². The van der Waals surface area contributed by atoms with Crippen LogP contribution in [0.5, 0.6) is 0 Å². The Morgan fingerprint density at radius 2 is 1.04 bits per heavy atom. The highest BCUT2D eigenvalue weighted by atomic mass is 35.5. The number of hydrogen-bond donors (Lipinski definition) is 15. The van der Waals surface area contributed by atoms with Gasteiger partial charge >= 0.3 is 0 Å². The first-order valence-electron chi connectivity index (χ1n) is 32.2. The number of benzene rings is 3. The quantitative estimate of drug-likeness (QED) is 0.0128. The minimum absolute atomic E-state index is 0.00274. The number of nitrogens with two attached hydrogens (primary N) is 5. The number of aliphatic hydroxyl groups is 1. The summed E-state index contributed by atoms with van der Waals surface area (Å²) in [4.78, 5) is 172. The lowest BCUT2D eigenvalue weighted by Gasteiger charge is -2.31. The third-order valence-corrected chi connectivity index (χ3v) is 16.2. The van der Waals surface area contributed by atoms with E-state index in [1.54, 1.807) is 38.1 Å². The molecular formula is C67H88ClN19O12. The molecule has 2 aromatic heterocycles. The summed E-state index contributed by atoms with van der Waals surface area (Å²) >= 11 is 6.21. The van der Waals surface area contributed by atoms with Crippen molar-refractivity contribution < 1.29 is 57.8 Å². The Kier molecular flexibility index (Phi) is 29.8. The van der Waals surface area contributed by atoms with Crippen LogP contribution in [0.25, 0.3) is 10.8 Å². The maximum absolute atomic E-state index is 14.8. The molecule has 5 aromatic rings. The van der Waals surface area contributed by atoms with Crippen molar-refractivity contribution in [1.29, 1.82) is 0 Å². The predicted molar refractivity (Wildman–Crippen MR) is 368 cm³/mol. The molecule has 1 fully saturated rings. The molecule has 0 radical (unpaired) electrons. The molecule has 0 bridgehead atoms. The van der Waals surface area contributed by atoms with E-state index in [4.69, 9.17) is 40.3 Å². The summed E-state index contributed by atoms with van der Waals surface area (Å²) in [5.41, 5.74) is 29.2. The lowest BCUT2D eigenvalue weighted by atomic mass is 9.99. The van der Waals surface area contributed by atoms with E-state index in [0.717, 1.165) is 10.8 Å². The number of pyridine rings is 2. The molecule has 1 aliphatic heterocycles. The normalized spacial score (nSPS) is 15.3. The summed E-state index contributed by atoms with van der Waals surface area (Å²) in [6.45, 7) is 5.28. The Morgan fingerprint density at radius 3 is 1.59 bits per heavy atom. The average molecular weight is 1390 g/mol. The third kappa shape index (κ3) is 24.3. The number of carbonyl (C=O) groups excluding carboxylic acids is 11. The molecule has 1 saturated heterocycles. The van der Waals surface area contributed by atoms with E-state index in [2.05, 4.69) is 67.8 Å². The minimum atomic E-state index is -1.84. The third-order valence-electron chi connectivity index (χ3n) is 16.0. The highest BCUT2D eigenvalue weighted by Crippen LogP contribution is 2.23. The van der Waals surface area contributed by atoms with Crippen LogP contribution in [0.15, 0.2) is 126 Å². The largest absolute Gasteiger partial charge is 0.394 e. The maximum Gasteiger partial charge on any atom is 0.248 e. The van der Waals surface area contributed by atoms with Crippen molar-refractivity contribution in [3.63, 3.8) is 0 Å². The minimum Gasteiger partial charge on any atom is -0.394 e. The van der Waals surface area contributed by atoms with Gasteiger partial charge in [-0.3, -0.25) is 72.7 Å². The molecule has 99 heavy (non-hydrogen) atoms. The van der Waals surface area contributed by atoms with Gasteiger partial charge in [0.05, 0.1) is 6.61 Å². The van der Waals surface area contributed by atoms with Crippen LogP contribution in [-0.4, -0.2) is 171 Å². The van der Waals surface area contributed by atoms with Crippen molar-refractivity contribution in [2.75, 3.05) is 26.2 Å². The van der Waals surface area contributed by atoms with E-state index in [9.17, 15) is 57.8 Å². The standard InChI is InChI=1S/C67H88ClN19O12/c1-37(2)30-49(58(92)81-48(17-10-28-77-67(72)73)65(99)87-29-11-18-53(87)62(96)78-38(3)56(69)90)83-63(97)54(44-14-7-25-74-34-44)85-57(91)47(16-9-27-76-66(70)71)80-61(95)52(36-88)84-64(98)55(45-15-8-26-75-35-45)86-60(94)51(32-40-20-23-46(68)24-21-40)82-59(93)50(79-39(4)89)33-41-19-22-42-12-5-6-13-43(42)31-41/h5-8,12-15,19-26,31,34-35,37-38,47-55,88H,9-11,16-18,27-30,32-33,36H2,1-4H3,(H2,69,90)(H,78,96)(H,79,89)(H,80,95)(H,81,92)(H,82,93)(H,83,97)(H,84,98)(H,85,91)(H,86,94)(H4,70,71,76)(H4,72,73,77)/t38-,47-,48-,49-,50-,51-,52-,53-,54-,55-/m0/s1. The first kappa shape index (κ1) is 77.2. The van der Waals surface area contributed by atoms with Gasteiger partial charge in [-0.15, -0.1) is 0 Å². The molecule has 11 amide bonds. The van der Waals surface area contributed by atoms with E-state index in [-0.39, 0.29) is 100.0 Å². The van der Waals surface area contributed by atoms with Gasteiger partial charge in [-0.1, -0.05) is 92.2 Å². The van der Waals surface area contributed by atoms with E-state index in [1.165, 1.54) is 67.8 Å². The summed E-state index contributed by atoms with van der Waals surface area (Å²) in [5.74, 6) is -9.88. The van der Waals surface area contributed by atoms with Crippen molar-refractivity contribution in [3.8, 4) is 0 Å². The number of guanidine groups is 2. The van der Waals surface area contributed by atoms with Gasteiger partial charge in [-0.25, -0.2) is 0 Å². The first-order chi connectivity index (χ1) is 47.2. The van der Waals surface area contributed by atoms with Gasteiger partial charge in [-0.05, 0) is 104 Å². The Balaban J connectivity index is 1.24. The molecule has 1 aliphatic rings. The number of aliphatic hydroxyl groups excluding tert-OH is 1. The molecule has 0 saturated carbocycles. The SMILES string of the molecule is CC(=O)N[C@@H](Cc1ccc2ccccc2c1)C(=O)N[C@@H](Cc1ccc(Cl)cc1)C(=O)N[C@H](C(=O)N[C@@H](CO)C(=O)N[C@@H](CCCN=C(N)N)C(=O)N[C@H](C(=O)N[C@@H](CC(C)C)C(=O)N[C@@H](CCCN=C(N)N)C(=O)N1CCC[C@H]1C(=O)N[C@@H](C)C(N)=O)c1cccnc1)c1cccnc1. The first-order valence-corrected chi connectivity index (χ1v) is 32.6. The van der Waals surface area contributed by atoms with Crippen LogP contribution in [0.1, 0.15) is 107 Å². The van der Waals surface area contributed by atoms with Gasteiger partial charge in [0, 0.05) is 80.3 Å². The number of amides is 11. The molecule has 0 unspecified atom stereocenters. The smallest absolute Gasteiger partial charge is 0.248 e. The molecule has 32 heteroatoms. The van der Waals surface area contributed by atoms with Crippen LogP contribution < -0.4 is 76.5 Å². The van der Waals surface area contributed by atoms with Crippen LogP contribution in [0.3, 0.4) is 0 Å². The molecule has 530 valence electrons. The summed E-state index contributed by atoms with van der Waals surface area (Å²) in [7, 11) is 0. The summed E-state index contributed by atoms with van der Waals surface area (Å²) in [6.07, 6.45) is 5.88. The summed E-state index contributed by atoms with van der Waals surface area (Å²) < 4.78 is 0. The van der Waals surface area contributed by atoms with E-state index < -0.39 is 132 Å². The molecule has 3 heterocycles. The molecule has 10 atom stereocenters. The number of aromatic nitrogens is 2. The Bertz CT molecular complexity index is 3690. The number of rotatable bonds is 36. The highest BCUT2D eigenvalue weighted by Gasteiger charge is 2.40. The Morgan fingerprint density at radius 1 is 0.556 bits per heavy atom. The number of nitrogens with zero attached hydrogens (tertiary/aromatic N) is 5. The lowest BCUT2D eigenvalue weighted by molar-refractivity contribution is -0.142. The zero-order valence-corrected chi connectivity index (χ0v) is 56.2. The number of halogens is 1. The number of primary amides is 1. The van der Waals surface area contributed by atoms with Gasteiger partial charge in [0.2, 0.25) is 65.0 Å². The molecular weight excluding hydrogens is 1300 g/mol. The fourth-order valence-electron chi connectivity index (χ4n) is 10.9. The second-order valence-electron chi connectivity index (χ2n) is 24.3. The van der Waals surface area contributed by atoms with E-state index >= 15 is 0 Å². The fraction of sp³-hybridized carbons (Fsp3) is 0.418. The average Bonchev–Trinajstić information content (AvgIpc) is 1.75. The van der Waals surface area contributed by atoms with Crippen LogP contribution >= 0.6 is 11.6 Å². The molecule has 0 aliphatic carbocycles. The lowest BCUT2D eigenvalue weighted by Crippen LogP contribution is -2.59. The summed E-state index contributed by atoms with van der Waals surface area (Å²) in [5, 5.41) is 36.8. The van der Waals surface area contributed by atoms with Crippen molar-refractivity contribution >= 4 is 99.3 Å². The monoisotopic (exact) mass is 1390 g/mol. The van der Waals surface area contributed by atoms with Crippen LogP contribution in [0.4, 0.5) is 0 Å². The molecule has 6 rings (SSSR count). The zero-order chi connectivity index (χ0) is 72.3. The predicted octanol–water partition coefficient (Wildman–Crippen LogP) is -1.16. The van der Waals surface area contributed by atoms with Crippen molar-refractivity contribution in [1.82, 2.24) is 62.7 Å². The van der Waals surface area contributed by atoms with Crippen LogP contribution in [-0.2, 0) is 65.6 Å². The van der Waals surface area contributed by atoms with E-state index in [0.29, 0.717) is 22.6 Å². The van der Waals surface area contributed by atoms with Gasteiger partial charge in [0.1, 0.15) is 60.4 Å². The number of aliphatic imine (C=N–C) groups is 2. The number of fused-ring (bicyclic) bond motifs is 1. The molecule has 3 aromatic carbocycles. The topological polar surface area (TPSA) is 500 Å². The summed E-state index contributed by atoms with van der Waals surface area (Å²) in [6, 6.07) is 11.5. The van der Waals surface area contributed by atoms with Gasteiger partial charge in [0.15, 0.2) is 11.9 Å².